The van der Waals surface area contributed by atoms with Crippen molar-refractivity contribution in [2.45, 2.75) is 39.3 Å². The van der Waals surface area contributed by atoms with Crippen molar-refractivity contribution in [2.75, 3.05) is 37.6 Å². The summed E-state index contributed by atoms with van der Waals surface area (Å²) in [6.07, 6.45) is 1.22. The molecular weight excluding hydrogens is 282 g/mol. The number of nitrogens with zero attached hydrogens (tertiary/aromatic N) is 2. The minimum absolute atomic E-state index is 0.580. The second-order valence-electron chi connectivity index (χ2n) is 6.25. The first-order chi connectivity index (χ1) is 10.1. The van der Waals surface area contributed by atoms with Gasteiger partial charge in [0.15, 0.2) is 0 Å². The molecular formula is C17H28ClN3. The van der Waals surface area contributed by atoms with Gasteiger partial charge in [0.2, 0.25) is 0 Å². The smallest absolute Gasteiger partial charge is 0.0426 e. The second kappa shape index (κ2) is 8.02. The molecule has 1 aliphatic heterocycles. The maximum Gasteiger partial charge on any atom is 0.0426 e. The highest BCUT2D eigenvalue weighted by molar-refractivity contribution is 6.30. The van der Waals surface area contributed by atoms with Gasteiger partial charge in [-0.15, -0.1) is 0 Å². The average Bonchev–Trinajstić information content (AvgIpc) is 2.47. The molecule has 1 aromatic rings. The summed E-state index contributed by atoms with van der Waals surface area (Å²) in [6, 6.07) is 9.41. The maximum atomic E-state index is 6.08. The number of benzene rings is 1. The van der Waals surface area contributed by atoms with Crippen molar-refractivity contribution in [1.29, 1.82) is 0 Å². The van der Waals surface area contributed by atoms with Crippen LogP contribution in [0.25, 0.3) is 0 Å². The van der Waals surface area contributed by atoms with E-state index < -0.39 is 0 Å². The molecule has 1 unspecified atom stereocenters. The van der Waals surface area contributed by atoms with Crippen molar-refractivity contribution < 1.29 is 0 Å². The predicted octanol–water partition coefficient (Wildman–Crippen LogP) is 3.24. The Bertz CT molecular complexity index is 428. The molecule has 1 atom stereocenters. The summed E-state index contributed by atoms with van der Waals surface area (Å²) in [5.74, 6) is 0. The molecule has 0 spiro atoms. The van der Waals surface area contributed by atoms with Crippen LogP contribution in [0.3, 0.4) is 0 Å². The molecule has 0 radical (unpaired) electrons. The van der Waals surface area contributed by atoms with Crippen molar-refractivity contribution in [2.24, 2.45) is 0 Å². The number of hydrogen-bond donors (Lipinski definition) is 1. The number of piperazine rings is 1. The van der Waals surface area contributed by atoms with Gasteiger partial charge in [-0.2, -0.15) is 0 Å². The van der Waals surface area contributed by atoms with Crippen LogP contribution in [0.1, 0.15) is 27.2 Å². The first-order valence-corrected chi connectivity index (χ1v) is 8.42. The molecule has 0 aliphatic carbocycles. The molecule has 1 aromatic carbocycles. The van der Waals surface area contributed by atoms with E-state index >= 15 is 0 Å². The topological polar surface area (TPSA) is 18.5 Å². The Morgan fingerprint density at radius 3 is 2.48 bits per heavy atom. The molecule has 1 aliphatic rings. The third-order valence-corrected chi connectivity index (χ3v) is 4.46. The minimum Gasteiger partial charge on any atom is -0.369 e. The highest BCUT2D eigenvalue weighted by Gasteiger charge is 2.21. The van der Waals surface area contributed by atoms with Crippen molar-refractivity contribution in [3.05, 3.63) is 29.3 Å². The van der Waals surface area contributed by atoms with Gasteiger partial charge in [0, 0.05) is 49.0 Å². The van der Waals surface area contributed by atoms with Gasteiger partial charge in [0.25, 0.3) is 0 Å². The number of hydrogen-bond acceptors (Lipinski definition) is 3. The lowest BCUT2D eigenvalue weighted by Crippen LogP contribution is -2.50. The maximum absolute atomic E-state index is 6.08. The van der Waals surface area contributed by atoms with E-state index in [9.17, 15) is 0 Å². The standard InChI is InChI=1S/C17H28ClN3/c1-14(2)19-8-7-15(3)20-9-11-21(12-10-20)17-6-4-5-16(18)13-17/h4-6,13-15,19H,7-12H2,1-3H3. The van der Waals surface area contributed by atoms with Crippen molar-refractivity contribution in [3.8, 4) is 0 Å². The Balaban J connectivity index is 1.77. The van der Waals surface area contributed by atoms with Gasteiger partial charge >= 0.3 is 0 Å². The summed E-state index contributed by atoms with van der Waals surface area (Å²) in [4.78, 5) is 5.03. The predicted molar refractivity (Wildman–Crippen MR) is 92.5 cm³/mol. The number of halogens is 1. The molecule has 1 heterocycles. The molecule has 0 saturated carbocycles. The monoisotopic (exact) mass is 309 g/mol. The van der Waals surface area contributed by atoms with Crippen LogP contribution in [0, 0.1) is 0 Å². The zero-order chi connectivity index (χ0) is 15.2. The summed E-state index contributed by atoms with van der Waals surface area (Å²) in [5, 5.41) is 4.33. The van der Waals surface area contributed by atoms with Crippen LogP contribution in [0.2, 0.25) is 5.02 Å². The summed E-state index contributed by atoms with van der Waals surface area (Å²) in [6.45, 7) is 12.3. The first kappa shape index (κ1) is 16.6. The van der Waals surface area contributed by atoms with E-state index in [0.717, 1.165) is 37.7 Å². The Morgan fingerprint density at radius 2 is 1.86 bits per heavy atom. The van der Waals surface area contributed by atoms with Crippen LogP contribution in [0.4, 0.5) is 5.69 Å². The highest BCUT2D eigenvalue weighted by atomic mass is 35.5. The van der Waals surface area contributed by atoms with Gasteiger partial charge < -0.3 is 10.2 Å². The Kier molecular flexibility index (Phi) is 6.34. The molecule has 118 valence electrons. The molecule has 3 nitrogen and oxygen atoms in total. The van der Waals surface area contributed by atoms with E-state index in [0.29, 0.717) is 12.1 Å². The summed E-state index contributed by atoms with van der Waals surface area (Å²) in [5.41, 5.74) is 1.25. The van der Waals surface area contributed by atoms with Crippen molar-refractivity contribution >= 4 is 17.3 Å². The molecule has 1 saturated heterocycles. The largest absolute Gasteiger partial charge is 0.369 e. The van der Waals surface area contributed by atoms with Crippen LogP contribution in [0.15, 0.2) is 24.3 Å². The fourth-order valence-electron chi connectivity index (χ4n) is 2.86. The summed E-state index contributed by atoms with van der Waals surface area (Å²) < 4.78 is 0. The average molecular weight is 310 g/mol. The number of rotatable bonds is 6. The molecule has 2 rings (SSSR count). The van der Waals surface area contributed by atoms with E-state index in [1.54, 1.807) is 0 Å². The molecule has 1 N–H and O–H groups in total. The SMILES string of the molecule is CC(C)NCCC(C)N1CCN(c2cccc(Cl)c2)CC1. The summed E-state index contributed by atoms with van der Waals surface area (Å²) in [7, 11) is 0. The van der Waals surface area contributed by atoms with Crippen LogP contribution < -0.4 is 10.2 Å². The Labute approximate surface area is 134 Å². The highest BCUT2D eigenvalue weighted by Crippen LogP contribution is 2.21. The van der Waals surface area contributed by atoms with Gasteiger partial charge in [0.1, 0.15) is 0 Å². The van der Waals surface area contributed by atoms with Crippen LogP contribution in [0.5, 0.6) is 0 Å². The fourth-order valence-corrected chi connectivity index (χ4v) is 3.04. The van der Waals surface area contributed by atoms with Gasteiger partial charge in [-0.25, -0.2) is 0 Å². The van der Waals surface area contributed by atoms with E-state index in [2.05, 4.69) is 48.0 Å². The molecule has 1 fully saturated rings. The molecule has 4 heteroatoms. The minimum atomic E-state index is 0.580. The van der Waals surface area contributed by atoms with E-state index in [-0.39, 0.29) is 0 Å². The molecule has 0 bridgehead atoms. The third-order valence-electron chi connectivity index (χ3n) is 4.23. The Hall–Kier alpha value is -0.770. The second-order valence-corrected chi connectivity index (χ2v) is 6.69. The summed E-state index contributed by atoms with van der Waals surface area (Å²) >= 11 is 6.08. The first-order valence-electron chi connectivity index (χ1n) is 8.04. The normalized spacial score (nSPS) is 18.2. The molecule has 21 heavy (non-hydrogen) atoms. The van der Waals surface area contributed by atoms with E-state index in [1.807, 2.05) is 12.1 Å². The van der Waals surface area contributed by atoms with Gasteiger partial charge in [-0.3, -0.25) is 4.90 Å². The van der Waals surface area contributed by atoms with Gasteiger partial charge in [0.05, 0.1) is 0 Å². The molecule has 0 amide bonds. The lowest BCUT2D eigenvalue weighted by atomic mass is 10.1. The quantitative estimate of drug-likeness (QED) is 0.870. The third kappa shape index (κ3) is 5.17. The van der Waals surface area contributed by atoms with Crippen LogP contribution in [-0.4, -0.2) is 49.7 Å². The number of anilines is 1. The lowest BCUT2D eigenvalue weighted by Gasteiger charge is -2.39. The molecule has 0 aromatic heterocycles. The number of nitrogens with one attached hydrogen (secondary N) is 1. The van der Waals surface area contributed by atoms with E-state index in [4.69, 9.17) is 11.6 Å². The van der Waals surface area contributed by atoms with Crippen molar-refractivity contribution in [3.63, 3.8) is 0 Å². The van der Waals surface area contributed by atoms with Crippen molar-refractivity contribution in [1.82, 2.24) is 10.2 Å². The fraction of sp³-hybridized carbons (Fsp3) is 0.647. The van der Waals surface area contributed by atoms with Gasteiger partial charge in [-0.1, -0.05) is 31.5 Å². The van der Waals surface area contributed by atoms with Gasteiger partial charge in [-0.05, 0) is 38.1 Å². The zero-order valence-electron chi connectivity index (χ0n) is 13.5. The zero-order valence-corrected chi connectivity index (χ0v) is 14.2. The lowest BCUT2D eigenvalue weighted by molar-refractivity contribution is 0.187. The van der Waals surface area contributed by atoms with Crippen LogP contribution in [-0.2, 0) is 0 Å². The van der Waals surface area contributed by atoms with E-state index in [1.165, 1.54) is 12.1 Å². The Morgan fingerprint density at radius 1 is 1.14 bits per heavy atom. The van der Waals surface area contributed by atoms with Crippen LogP contribution >= 0.6 is 11.6 Å².